The molecule has 1 atom stereocenters. The van der Waals surface area contributed by atoms with Gasteiger partial charge in [-0.15, -0.1) is 0 Å². The lowest BCUT2D eigenvalue weighted by Gasteiger charge is -2.22. The molecule has 2 aromatic heterocycles. The Labute approximate surface area is 178 Å². The fourth-order valence-corrected chi connectivity index (χ4v) is 4.65. The van der Waals surface area contributed by atoms with E-state index < -0.39 is 34.3 Å². The summed E-state index contributed by atoms with van der Waals surface area (Å²) in [6.45, 7) is 3.44. The van der Waals surface area contributed by atoms with Gasteiger partial charge < -0.3 is 10.0 Å². The maximum absolute atomic E-state index is 14.1. The summed E-state index contributed by atoms with van der Waals surface area (Å²) in [7, 11) is -3.91. The highest BCUT2D eigenvalue weighted by molar-refractivity contribution is 7.89. The SMILES string of the molecule is CC(C)n1cc(S(=O)(=O)n2cc3c(n2)CN(C(=O)C(CO)c2ccccc2F)C3)cn1. The van der Waals surface area contributed by atoms with Crippen molar-refractivity contribution in [2.24, 2.45) is 0 Å². The van der Waals surface area contributed by atoms with Crippen LogP contribution in [0.2, 0.25) is 0 Å². The third-order valence-electron chi connectivity index (χ3n) is 5.28. The zero-order valence-electron chi connectivity index (χ0n) is 17.0. The van der Waals surface area contributed by atoms with E-state index in [1.165, 1.54) is 41.7 Å². The molecule has 0 fully saturated rings. The Hall–Kier alpha value is -3.05. The molecule has 0 saturated heterocycles. The second-order valence-corrected chi connectivity index (χ2v) is 9.48. The Morgan fingerprint density at radius 2 is 1.97 bits per heavy atom. The molecule has 4 rings (SSSR count). The van der Waals surface area contributed by atoms with Crippen LogP contribution in [-0.4, -0.2) is 49.9 Å². The number of hydrogen-bond acceptors (Lipinski definition) is 6. The van der Waals surface area contributed by atoms with Crippen molar-refractivity contribution in [2.75, 3.05) is 6.61 Å². The van der Waals surface area contributed by atoms with Crippen LogP contribution in [0.4, 0.5) is 4.39 Å². The van der Waals surface area contributed by atoms with Crippen molar-refractivity contribution in [1.29, 1.82) is 0 Å². The molecule has 3 heterocycles. The maximum atomic E-state index is 14.1. The second-order valence-electron chi connectivity index (χ2n) is 7.68. The summed E-state index contributed by atoms with van der Waals surface area (Å²) < 4.78 is 42.3. The fourth-order valence-electron chi connectivity index (χ4n) is 3.54. The Morgan fingerprint density at radius 1 is 1.23 bits per heavy atom. The van der Waals surface area contributed by atoms with Crippen molar-refractivity contribution < 1.29 is 22.7 Å². The zero-order chi connectivity index (χ0) is 22.3. The highest BCUT2D eigenvalue weighted by Crippen LogP contribution is 2.28. The number of carbonyl (C=O) groups excluding carboxylic acids is 1. The number of nitrogens with zero attached hydrogens (tertiary/aromatic N) is 5. The molecule has 164 valence electrons. The average molecular weight is 447 g/mol. The highest BCUT2D eigenvalue weighted by atomic mass is 32.2. The standard InChI is InChI=1S/C20H22FN5O4S/c1-13(2)25-10-15(7-22-25)31(29,30)26-9-14-8-24(11-19(14)23-26)20(28)17(12-27)16-5-3-4-6-18(16)21/h3-7,9-10,13,17,27H,8,11-12H2,1-2H3. The number of halogens is 1. The van der Waals surface area contributed by atoms with Crippen LogP contribution in [0.25, 0.3) is 0 Å². The van der Waals surface area contributed by atoms with Gasteiger partial charge in [-0.3, -0.25) is 9.48 Å². The van der Waals surface area contributed by atoms with Crippen molar-refractivity contribution in [3.8, 4) is 0 Å². The van der Waals surface area contributed by atoms with E-state index in [4.69, 9.17) is 0 Å². The minimum atomic E-state index is -3.91. The molecule has 0 spiro atoms. The Bertz CT molecular complexity index is 1210. The van der Waals surface area contributed by atoms with E-state index in [-0.39, 0.29) is 29.6 Å². The van der Waals surface area contributed by atoms with Crippen LogP contribution < -0.4 is 0 Å². The molecule has 0 radical (unpaired) electrons. The van der Waals surface area contributed by atoms with E-state index in [1.54, 1.807) is 10.7 Å². The summed E-state index contributed by atoms with van der Waals surface area (Å²) in [5.74, 6) is -2.05. The highest BCUT2D eigenvalue weighted by Gasteiger charge is 2.34. The van der Waals surface area contributed by atoms with E-state index in [2.05, 4.69) is 10.2 Å². The van der Waals surface area contributed by atoms with Crippen LogP contribution in [0.1, 0.15) is 42.6 Å². The molecular weight excluding hydrogens is 425 g/mol. The van der Waals surface area contributed by atoms with Crippen LogP contribution in [0, 0.1) is 5.82 Å². The molecule has 1 N–H and O–H groups in total. The molecule has 1 unspecified atom stereocenters. The van der Waals surface area contributed by atoms with Crippen LogP contribution in [0.15, 0.2) is 47.8 Å². The fraction of sp³-hybridized carbons (Fsp3) is 0.350. The molecular formula is C20H22FN5O4S. The molecule has 31 heavy (non-hydrogen) atoms. The summed E-state index contributed by atoms with van der Waals surface area (Å²) in [5, 5.41) is 17.9. The second kappa shape index (κ2) is 7.89. The van der Waals surface area contributed by atoms with Crippen molar-refractivity contribution in [2.45, 2.75) is 43.8 Å². The molecule has 0 aliphatic carbocycles. The Kier molecular flexibility index (Phi) is 5.40. The Balaban J connectivity index is 1.54. The van der Waals surface area contributed by atoms with Crippen molar-refractivity contribution in [3.63, 3.8) is 0 Å². The maximum Gasteiger partial charge on any atom is 0.286 e. The first-order valence-electron chi connectivity index (χ1n) is 9.73. The van der Waals surface area contributed by atoms with Gasteiger partial charge >= 0.3 is 0 Å². The number of carbonyl (C=O) groups is 1. The van der Waals surface area contributed by atoms with Gasteiger partial charge in [0.2, 0.25) is 5.91 Å². The molecule has 1 aromatic carbocycles. The lowest BCUT2D eigenvalue weighted by atomic mass is 9.98. The van der Waals surface area contributed by atoms with Crippen molar-refractivity contribution >= 4 is 15.9 Å². The lowest BCUT2D eigenvalue weighted by molar-refractivity contribution is -0.134. The Morgan fingerprint density at radius 3 is 2.58 bits per heavy atom. The van der Waals surface area contributed by atoms with E-state index in [1.807, 2.05) is 13.8 Å². The topological polar surface area (TPSA) is 110 Å². The zero-order valence-corrected chi connectivity index (χ0v) is 17.8. The first-order valence-corrected chi connectivity index (χ1v) is 11.2. The van der Waals surface area contributed by atoms with E-state index in [0.29, 0.717) is 11.3 Å². The molecule has 1 amide bonds. The van der Waals surface area contributed by atoms with Gasteiger partial charge in [-0.1, -0.05) is 18.2 Å². The van der Waals surface area contributed by atoms with Crippen LogP contribution >= 0.6 is 0 Å². The summed E-state index contributed by atoms with van der Waals surface area (Å²) in [6.07, 6.45) is 4.10. The molecule has 0 bridgehead atoms. The number of aliphatic hydroxyl groups is 1. The molecule has 9 nitrogen and oxygen atoms in total. The number of benzene rings is 1. The summed E-state index contributed by atoms with van der Waals surface area (Å²) in [4.78, 5) is 14.4. The normalized spacial score (nSPS) is 14.8. The third kappa shape index (κ3) is 3.74. The van der Waals surface area contributed by atoms with Crippen LogP contribution in [-0.2, 0) is 27.9 Å². The van der Waals surface area contributed by atoms with Gasteiger partial charge in [0, 0.05) is 36.1 Å². The van der Waals surface area contributed by atoms with Crippen LogP contribution in [0.3, 0.4) is 0 Å². The number of hydrogen-bond donors (Lipinski definition) is 1. The predicted molar refractivity (Wildman–Crippen MR) is 108 cm³/mol. The number of amides is 1. The number of aromatic nitrogens is 4. The number of aliphatic hydroxyl groups excluding tert-OH is 1. The minimum Gasteiger partial charge on any atom is -0.395 e. The largest absolute Gasteiger partial charge is 0.395 e. The minimum absolute atomic E-state index is 0.0140. The van der Waals surface area contributed by atoms with Crippen LogP contribution in [0.5, 0.6) is 0 Å². The number of fused-ring (bicyclic) bond motifs is 1. The average Bonchev–Trinajstić information content (AvgIpc) is 3.44. The van der Waals surface area contributed by atoms with E-state index >= 15 is 0 Å². The van der Waals surface area contributed by atoms with Gasteiger partial charge in [-0.2, -0.15) is 22.7 Å². The quantitative estimate of drug-likeness (QED) is 0.615. The van der Waals surface area contributed by atoms with E-state index in [0.717, 1.165) is 4.09 Å². The van der Waals surface area contributed by atoms with Crippen molar-refractivity contribution in [3.05, 3.63) is 65.5 Å². The molecule has 1 aliphatic rings. The predicted octanol–water partition coefficient (Wildman–Crippen LogP) is 1.65. The first kappa shape index (κ1) is 21.2. The monoisotopic (exact) mass is 447 g/mol. The molecule has 0 saturated carbocycles. The van der Waals surface area contributed by atoms with Gasteiger partial charge in [0.1, 0.15) is 10.7 Å². The van der Waals surface area contributed by atoms with Gasteiger partial charge in [-0.25, -0.2) is 4.39 Å². The summed E-state index contributed by atoms with van der Waals surface area (Å²) in [6, 6.07) is 5.83. The third-order valence-corrected chi connectivity index (χ3v) is 6.77. The van der Waals surface area contributed by atoms with Gasteiger partial charge in [0.05, 0.1) is 31.0 Å². The smallest absolute Gasteiger partial charge is 0.286 e. The summed E-state index contributed by atoms with van der Waals surface area (Å²) >= 11 is 0. The molecule has 1 aliphatic heterocycles. The lowest BCUT2D eigenvalue weighted by Crippen LogP contribution is -2.33. The number of rotatable bonds is 6. The van der Waals surface area contributed by atoms with E-state index in [9.17, 15) is 22.7 Å². The van der Waals surface area contributed by atoms with Gasteiger partial charge in [0.15, 0.2) is 0 Å². The molecule has 11 heteroatoms. The molecule has 3 aromatic rings. The first-order chi connectivity index (χ1) is 14.7. The van der Waals surface area contributed by atoms with Gasteiger partial charge in [0.25, 0.3) is 10.0 Å². The van der Waals surface area contributed by atoms with Crippen molar-refractivity contribution in [1.82, 2.24) is 23.9 Å². The summed E-state index contributed by atoms with van der Waals surface area (Å²) in [5.41, 5.74) is 1.14. The van der Waals surface area contributed by atoms with Gasteiger partial charge in [-0.05, 0) is 19.9 Å².